The predicted molar refractivity (Wildman–Crippen MR) is 105 cm³/mol. The predicted octanol–water partition coefficient (Wildman–Crippen LogP) is 3.65. The van der Waals surface area contributed by atoms with Crippen molar-refractivity contribution in [3.63, 3.8) is 0 Å². The van der Waals surface area contributed by atoms with Crippen molar-refractivity contribution < 1.29 is 9.59 Å². The molecule has 0 unspecified atom stereocenters. The summed E-state index contributed by atoms with van der Waals surface area (Å²) in [6.45, 7) is 4.67. The molecule has 1 N–H and O–H groups in total. The van der Waals surface area contributed by atoms with Crippen molar-refractivity contribution in [3.8, 4) is 0 Å². The van der Waals surface area contributed by atoms with Gasteiger partial charge in [0.05, 0.1) is 11.4 Å². The quantitative estimate of drug-likeness (QED) is 0.875. The van der Waals surface area contributed by atoms with E-state index in [0.717, 1.165) is 49.9 Å². The molecule has 0 spiro atoms. The van der Waals surface area contributed by atoms with Crippen LogP contribution in [0.15, 0.2) is 24.3 Å². The first kappa shape index (κ1) is 18.7. The molecular formula is C21H31N3O2. The van der Waals surface area contributed by atoms with E-state index in [1.54, 1.807) is 0 Å². The highest BCUT2D eigenvalue weighted by atomic mass is 16.2. The molecule has 26 heavy (non-hydrogen) atoms. The number of amides is 2. The first-order valence-electron chi connectivity index (χ1n) is 10.0. The lowest BCUT2D eigenvalue weighted by Crippen LogP contribution is -2.49. The van der Waals surface area contributed by atoms with Crippen LogP contribution in [0.4, 0.5) is 11.4 Å². The fourth-order valence-corrected chi connectivity index (χ4v) is 4.20. The summed E-state index contributed by atoms with van der Waals surface area (Å²) < 4.78 is 0. The molecule has 1 saturated carbocycles. The van der Waals surface area contributed by atoms with Crippen LogP contribution in [-0.4, -0.2) is 42.9 Å². The summed E-state index contributed by atoms with van der Waals surface area (Å²) in [5.74, 6) is 1.01. The summed E-state index contributed by atoms with van der Waals surface area (Å²) >= 11 is 0. The first-order valence-corrected chi connectivity index (χ1v) is 10.0. The third kappa shape index (κ3) is 4.99. The van der Waals surface area contributed by atoms with E-state index < -0.39 is 0 Å². The lowest BCUT2D eigenvalue weighted by atomic mass is 9.86. The maximum absolute atomic E-state index is 12.5. The van der Waals surface area contributed by atoms with E-state index in [-0.39, 0.29) is 5.91 Å². The Hall–Kier alpha value is -2.04. The van der Waals surface area contributed by atoms with E-state index in [2.05, 4.69) is 10.2 Å². The number of para-hydroxylation sites is 2. The standard InChI is InChI=1S/C21H31N3O2/c1-17(25)22-19-9-5-6-10-20(19)23-13-15-24(16-14-23)21(26)12-11-18-7-3-2-4-8-18/h5-6,9-10,18H,2-4,7-8,11-16H2,1H3,(H,22,25). The number of hydrogen-bond donors (Lipinski definition) is 1. The lowest BCUT2D eigenvalue weighted by Gasteiger charge is -2.37. The molecule has 142 valence electrons. The molecule has 1 heterocycles. The number of benzene rings is 1. The summed E-state index contributed by atoms with van der Waals surface area (Å²) in [5.41, 5.74) is 1.88. The largest absolute Gasteiger partial charge is 0.366 e. The Balaban J connectivity index is 1.49. The van der Waals surface area contributed by atoms with E-state index in [1.165, 1.54) is 39.0 Å². The molecule has 0 bridgehead atoms. The second kappa shape index (κ2) is 9.06. The van der Waals surface area contributed by atoms with Crippen molar-refractivity contribution in [3.05, 3.63) is 24.3 Å². The maximum atomic E-state index is 12.5. The molecule has 1 aliphatic heterocycles. The van der Waals surface area contributed by atoms with Gasteiger partial charge < -0.3 is 15.1 Å². The monoisotopic (exact) mass is 357 g/mol. The molecule has 0 atom stereocenters. The van der Waals surface area contributed by atoms with Crippen molar-refractivity contribution in [2.24, 2.45) is 5.92 Å². The third-order valence-corrected chi connectivity index (χ3v) is 5.68. The summed E-state index contributed by atoms with van der Waals surface area (Å²) in [7, 11) is 0. The molecule has 5 heteroatoms. The van der Waals surface area contributed by atoms with Crippen molar-refractivity contribution in [1.29, 1.82) is 0 Å². The number of nitrogens with zero attached hydrogens (tertiary/aromatic N) is 2. The summed E-state index contributed by atoms with van der Waals surface area (Å²) in [6.07, 6.45) is 8.42. The van der Waals surface area contributed by atoms with Crippen LogP contribution in [0.25, 0.3) is 0 Å². The minimum atomic E-state index is -0.0611. The van der Waals surface area contributed by atoms with E-state index >= 15 is 0 Å². The number of nitrogens with one attached hydrogen (secondary N) is 1. The Morgan fingerprint density at radius 3 is 2.42 bits per heavy atom. The molecule has 1 saturated heterocycles. The van der Waals surface area contributed by atoms with Crippen LogP contribution < -0.4 is 10.2 Å². The van der Waals surface area contributed by atoms with Crippen molar-refractivity contribution in [2.45, 2.75) is 51.9 Å². The number of carbonyl (C=O) groups is 2. The SMILES string of the molecule is CC(=O)Nc1ccccc1N1CCN(C(=O)CCC2CCCCC2)CC1. The van der Waals surface area contributed by atoms with Gasteiger partial charge in [0.25, 0.3) is 0 Å². The average Bonchev–Trinajstić information content (AvgIpc) is 2.67. The highest BCUT2D eigenvalue weighted by molar-refractivity contribution is 5.92. The molecular weight excluding hydrogens is 326 g/mol. The van der Waals surface area contributed by atoms with Gasteiger partial charge in [-0.25, -0.2) is 0 Å². The van der Waals surface area contributed by atoms with Gasteiger partial charge in [-0.1, -0.05) is 44.2 Å². The van der Waals surface area contributed by atoms with E-state index in [4.69, 9.17) is 0 Å². The van der Waals surface area contributed by atoms with Gasteiger partial charge in [0.2, 0.25) is 11.8 Å². The molecule has 3 rings (SSSR count). The van der Waals surface area contributed by atoms with Gasteiger partial charge in [-0.2, -0.15) is 0 Å². The zero-order valence-corrected chi connectivity index (χ0v) is 15.9. The molecule has 1 aromatic rings. The fraction of sp³-hybridized carbons (Fsp3) is 0.619. The molecule has 1 aromatic carbocycles. The Kier molecular flexibility index (Phi) is 6.53. The number of rotatable bonds is 5. The van der Waals surface area contributed by atoms with Crippen LogP contribution in [0.1, 0.15) is 51.9 Å². The molecule has 1 aliphatic carbocycles. The summed E-state index contributed by atoms with van der Waals surface area (Å²) in [4.78, 5) is 28.2. The highest BCUT2D eigenvalue weighted by Gasteiger charge is 2.23. The van der Waals surface area contributed by atoms with Crippen molar-refractivity contribution in [2.75, 3.05) is 36.4 Å². The lowest BCUT2D eigenvalue weighted by molar-refractivity contribution is -0.131. The van der Waals surface area contributed by atoms with Gasteiger partial charge in [0.1, 0.15) is 0 Å². The Morgan fingerprint density at radius 1 is 1.04 bits per heavy atom. The van der Waals surface area contributed by atoms with Crippen molar-refractivity contribution >= 4 is 23.2 Å². The summed E-state index contributed by atoms with van der Waals surface area (Å²) in [6, 6.07) is 7.88. The smallest absolute Gasteiger partial charge is 0.222 e. The van der Waals surface area contributed by atoms with Crippen LogP contribution in [0.2, 0.25) is 0 Å². The average molecular weight is 357 g/mol. The molecule has 0 radical (unpaired) electrons. The zero-order valence-electron chi connectivity index (χ0n) is 15.9. The van der Waals surface area contributed by atoms with Gasteiger partial charge in [-0.3, -0.25) is 9.59 Å². The normalized spacial score (nSPS) is 18.7. The Labute approximate surface area is 156 Å². The number of hydrogen-bond acceptors (Lipinski definition) is 3. The van der Waals surface area contributed by atoms with Crippen LogP contribution in [0.5, 0.6) is 0 Å². The number of carbonyl (C=O) groups excluding carboxylic acids is 2. The Morgan fingerprint density at radius 2 is 1.73 bits per heavy atom. The van der Waals surface area contributed by atoms with E-state index in [0.29, 0.717) is 12.3 Å². The van der Waals surface area contributed by atoms with Gasteiger partial charge >= 0.3 is 0 Å². The third-order valence-electron chi connectivity index (χ3n) is 5.68. The maximum Gasteiger partial charge on any atom is 0.222 e. The van der Waals surface area contributed by atoms with Crippen molar-refractivity contribution in [1.82, 2.24) is 4.90 Å². The van der Waals surface area contributed by atoms with Gasteiger partial charge in [-0.15, -0.1) is 0 Å². The first-order chi connectivity index (χ1) is 12.6. The van der Waals surface area contributed by atoms with E-state index in [9.17, 15) is 9.59 Å². The van der Waals surface area contributed by atoms with Gasteiger partial charge in [0.15, 0.2) is 0 Å². The van der Waals surface area contributed by atoms with Crippen LogP contribution in [0.3, 0.4) is 0 Å². The molecule has 2 aliphatic rings. The van der Waals surface area contributed by atoms with Gasteiger partial charge in [0, 0.05) is 39.5 Å². The minimum absolute atomic E-state index is 0.0611. The molecule has 0 aromatic heterocycles. The fourth-order valence-electron chi connectivity index (χ4n) is 4.20. The molecule has 2 fully saturated rings. The van der Waals surface area contributed by atoms with Gasteiger partial charge in [-0.05, 0) is 24.5 Å². The second-order valence-corrected chi connectivity index (χ2v) is 7.61. The number of piperazine rings is 1. The zero-order chi connectivity index (χ0) is 18.4. The highest BCUT2D eigenvalue weighted by Crippen LogP contribution is 2.29. The van der Waals surface area contributed by atoms with Crippen LogP contribution in [0, 0.1) is 5.92 Å². The summed E-state index contributed by atoms with van der Waals surface area (Å²) in [5, 5.41) is 2.90. The van der Waals surface area contributed by atoms with E-state index in [1.807, 2.05) is 29.2 Å². The second-order valence-electron chi connectivity index (χ2n) is 7.61. The van der Waals surface area contributed by atoms with Crippen LogP contribution in [-0.2, 0) is 9.59 Å². The number of anilines is 2. The topological polar surface area (TPSA) is 52.7 Å². The molecule has 2 amide bonds. The Bertz CT molecular complexity index is 617. The minimum Gasteiger partial charge on any atom is -0.366 e. The molecule has 5 nitrogen and oxygen atoms in total. The van der Waals surface area contributed by atoms with Crippen LogP contribution >= 0.6 is 0 Å².